The SMILES string of the molecule is CCOC(=O)c1c(N=CC2C(=O)CCCC2=O)sc(C)c1C. The maximum absolute atomic E-state index is 12.1. The Balaban J connectivity index is 2.31. The van der Waals surface area contributed by atoms with Crippen LogP contribution in [0.3, 0.4) is 0 Å². The summed E-state index contributed by atoms with van der Waals surface area (Å²) in [6.45, 7) is 5.78. The molecule has 0 radical (unpaired) electrons. The van der Waals surface area contributed by atoms with E-state index in [-0.39, 0.29) is 18.2 Å². The third-order valence-corrected chi connectivity index (χ3v) is 4.84. The highest BCUT2D eigenvalue weighted by Gasteiger charge is 2.29. The van der Waals surface area contributed by atoms with Crippen molar-refractivity contribution in [2.75, 3.05) is 6.61 Å². The lowest BCUT2D eigenvalue weighted by Crippen LogP contribution is -2.29. The van der Waals surface area contributed by atoms with Gasteiger partial charge in [-0.05, 0) is 32.8 Å². The molecule has 0 spiro atoms. The third-order valence-electron chi connectivity index (χ3n) is 3.73. The molecular formula is C16H19NO4S. The molecule has 0 aliphatic heterocycles. The van der Waals surface area contributed by atoms with Crippen LogP contribution in [0.1, 0.15) is 47.0 Å². The van der Waals surface area contributed by atoms with Crippen molar-refractivity contribution in [2.45, 2.75) is 40.0 Å². The summed E-state index contributed by atoms with van der Waals surface area (Å²) in [7, 11) is 0. The number of nitrogens with zero attached hydrogens (tertiary/aromatic N) is 1. The van der Waals surface area contributed by atoms with Gasteiger partial charge >= 0.3 is 5.97 Å². The van der Waals surface area contributed by atoms with Crippen LogP contribution in [-0.2, 0) is 14.3 Å². The molecule has 0 amide bonds. The molecule has 0 bridgehead atoms. The predicted octanol–water partition coefficient (Wildman–Crippen LogP) is 3.18. The zero-order valence-corrected chi connectivity index (χ0v) is 13.8. The Morgan fingerprint density at radius 1 is 1.32 bits per heavy atom. The Hall–Kier alpha value is -1.82. The first kappa shape index (κ1) is 16.5. The first-order valence-electron chi connectivity index (χ1n) is 7.32. The molecule has 6 heteroatoms. The number of rotatable bonds is 4. The highest BCUT2D eigenvalue weighted by atomic mass is 32.1. The molecule has 1 aliphatic rings. The molecule has 0 unspecified atom stereocenters. The lowest BCUT2D eigenvalue weighted by atomic mass is 9.88. The quantitative estimate of drug-likeness (QED) is 0.485. The number of carbonyl (C=O) groups is 3. The maximum atomic E-state index is 12.1. The van der Waals surface area contributed by atoms with E-state index < -0.39 is 11.9 Å². The fourth-order valence-corrected chi connectivity index (χ4v) is 3.38. The number of ether oxygens (including phenoxy) is 1. The Bertz CT molecular complexity index is 629. The third kappa shape index (κ3) is 3.32. The number of thiophene rings is 1. The van der Waals surface area contributed by atoms with Crippen molar-refractivity contribution in [3.8, 4) is 0 Å². The Kier molecular flexibility index (Phi) is 5.24. The Labute approximate surface area is 133 Å². The molecule has 0 saturated heterocycles. The first-order valence-corrected chi connectivity index (χ1v) is 8.14. The molecule has 1 saturated carbocycles. The van der Waals surface area contributed by atoms with E-state index in [1.165, 1.54) is 17.6 Å². The van der Waals surface area contributed by atoms with Gasteiger partial charge < -0.3 is 4.74 Å². The average Bonchev–Trinajstić information content (AvgIpc) is 2.74. The van der Waals surface area contributed by atoms with Crippen LogP contribution in [0.5, 0.6) is 0 Å². The maximum Gasteiger partial charge on any atom is 0.341 e. The van der Waals surface area contributed by atoms with Crippen LogP contribution in [0.4, 0.5) is 5.00 Å². The molecule has 5 nitrogen and oxygen atoms in total. The van der Waals surface area contributed by atoms with Crippen LogP contribution >= 0.6 is 11.3 Å². The average molecular weight is 321 g/mol. The zero-order valence-electron chi connectivity index (χ0n) is 13.0. The molecule has 118 valence electrons. The summed E-state index contributed by atoms with van der Waals surface area (Å²) in [6.07, 6.45) is 2.83. The summed E-state index contributed by atoms with van der Waals surface area (Å²) in [5.74, 6) is -1.38. The molecular weight excluding hydrogens is 302 g/mol. The van der Waals surface area contributed by atoms with Crippen LogP contribution in [0.25, 0.3) is 0 Å². The molecule has 0 atom stereocenters. The lowest BCUT2D eigenvalue weighted by molar-refractivity contribution is -0.132. The zero-order chi connectivity index (χ0) is 16.3. The van der Waals surface area contributed by atoms with E-state index in [4.69, 9.17) is 4.74 Å². The molecule has 0 N–H and O–H groups in total. The predicted molar refractivity (Wildman–Crippen MR) is 85.3 cm³/mol. The van der Waals surface area contributed by atoms with Crippen molar-refractivity contribution in [2.24, 2.45) is 10.9 Å². The van der Waals surface area contributed by atoms with Crippen molar-refractivity contribution >= 4 is 40.1 Å². The fourth-order valence-electron chi connectivity index (χ4n) is 2.38. The number of esters is 1. The second-order valence-corrected chi connectivity index (χ2v) is 6.43. The molecule has 22 heavy (non-hydrogen) atoms. The number of aryl methyl sites for hydroxylation is 1. The van der Waals surface area contributed by atoms with Crippen LogP contribution < -0.4 is 0 Å². The van der Waals surface area contributed by atoms with E-state index in [2.05, 4.69) is 4.99 Å². The van der Waals surface area contributed by atoms with Gasteiger partial charge in [0.1, 0.15) is 22.5 Å². The van der Waals surface area contributed by atoms with Crippen molar-refractivity contribution in [1.82, 2.24) is 0 Å². The van der Waals surface area contributed by atoms with Crippen LogP contribution in [0.2, 0.25) is 0 Å². The van der Waals surface area contributed by atoms with Gasteiger partial charge in [-0.1, -0.05) is 0 Å². The van der Waals surface area contributed by atoms with E-state index in [9.17, 15) is 14.4 Å². The summed E-state index contributed by atoms with van der Waals surface area (Å²) in [4.78, 5) is 40.9. The van der Waals surface area contributed by atoms with Gasteiger partial charge in [0, 0.05) is 23.9 Å². The Morgan fingerprint density at radius 2 is 1.95 bits per heavy atom. The molecule has 1 aromatic heterocycles. The monoisotopic (exact) mass is 321 g/mol. The number of Topliss-reactive ketones (excluding diaryl/α,β-unsaturated/α-hetero) is 2. The van der Waals surface area contributed by atoms with E-state index >= 15 is 0 Å². The van der Waals surface area contributed by atoms with Gasteiger partial charge in [-0.15, -0.1) is 11.3 Å². The van der Waals surface area contributed by atoms with Crippen molar-refractivity contribution in [1.29, 1.82) is 0 Å². The van der Waals surface area contributed by atoms with Gasteiger partial charge in [-0.25, -0.2) is 9.79 Å². The van der Waals surface area contributed by atoms with E-state index in [0.717, 1.165) is 10.4 Å². The minimum Gasteiger partial charge on any atom is -0.462 e. The lowest BCUT2D eigenvalue weighted by Gasteiger charge is -2.14. The number of hydrogen-bond donors (Lipinski definition) is 0. The van der Waals surface area contributed by atoms with Gasteiger partial charge in [0.25, 0.3) is 0 Å². The van der Waals surface area contributed by atoms with Gasteiger partial charge in [0.15, 0.2) is 0 Å². The molecule has 1 heterocycles. The number of carbonyl (C=O) groups excluding carboxylic acids is 3. The van der Waals surface area contributed by atoms with E-state index in [1.807, 2.05) is 13.8 Å². The number of ketones is 2. The molecule has 1 aromatic rings. The topological polar surface area (TPSA) is 72.8 Å². The normalized spacial score (nSPS) is 16.5. The van der Waals surface area contributed by atoms with Gasteiger partial charge in [0.2, 0.25) is 0 Å². The highest BCUT2D eigenvalue weighted by Crippen LogP contribution is 2.35. The van der Waals surface area contributed by atoms with Crippen LogP contribution in [0, 0.1) is 19.8 Å². The summed E-state index contributed by atoms with van der Waals surface area (Å²) >= 11 is 1.36. The van der Waals surface area contributed by atoms with Gasteiger partial charge in [-0.3, -0.25) is 9.59 Å². The largest absolute Gasteiger partial charge is 0.462 e. The molecule has 1 aliphatic carbocycles. The van der Waals surface area contributed by atoms with E-state index in [1.54, 1.807) is 6.92 Å². The van der Waals surface area contributed by atoms with Crippen LogP contribution in [0.15, 0.2) is 4.99 Å². The smallest absolute Gasteiger partial charge is 0.341 e. The van der Waals surface area contributed by atoms with Crippen molar-refractivity contribution < 1.29 is 19.1 Å². The molecule has 1 fully saturated rings. The molecule has 2 rings (SSSR count). The first-order chi connectivity index (χ1) is 10.5. The minimum atomic E-state index is -0.772. The number of aliphatic imine (C=N–C) groups is 1. The minimum absolute atomic E-state index is 0.0947. The molecule has 0 aromatic carbocycles. The van der Waals surface area contributed by atoms with Crippen molar-refractivity contribution in [3.05, 3.63) is 16.0 Å². The summed E-state index contributed by atoms with van der Waals surface area (Å²) in [5, 5.41) is 0.500. The summed E-state index contributed by atoms with van der Waals surface area (Å²) in [5.41, 5.74) is 1.26. The fraction of sp³-hybridized carbons (Fsp3) is 0.500. The Morgan fingerprint density at radius 3 is 2.55 bits per heavy atom. The summed E-state index contributed by atoms with van der Waals surface area (Å²) in [6, 6.07) is 0. The second-order valence-electron chi connectivity index (χ2n) is 5.23. The van der Waals surface area contributed by atoms with E-state index in [0.29, 0.717) is 29.8 Å². The van der Waals surface area contributed by atoms with Crippen LogP contribution in [-0.4, -0.2) is 30.4 Å². The highest BCUT2D eigenvalue weighted by molar-refractivity contribution is 7.16. The standard InChI is InChI=1S/C16H19NO4S/c1-4-21-16(20)14-9(2)10(3)22-15(14)17-8-11-12(18)6-5-7-13(11)19/h8,11H,4-7H2,1-3H3. The van der Waals surface area contributed by atoms with Gasteiger partial charge in [0.05, 0.1) is 12.2 Å². The van der Waals surface area contributed by atoms with Crippen molar-refractivity contribution in [3.63, 3.8) is 0 Å². The second kappa shape index (κ2) is 6.96. The number of hydrogen-bond acceptors (Lipinski definition) is 6. The van der Waals surface area contributed by atoms with Gasteiger partial charge in [-0.2, -0.15) is 0 Å². The summed E-state index contributed by atoms with van der Waals surface area (Å²) < 4.78 is 5.06.